The highest BCUT2D eigenvalue weighted by Gasteiger charge is 2.42. The molecule has 2 heterocycles. The van der Waals surface area contributed by atoms with Gasteiger partial charge in [0.25, 0.3) is 0 Å². The Morgan fingerprint density at radius 1 is 1.32 bits per heavy atom. The van der Waals surface area contributed by atoms with Crippen molar-refractivity contribution in [3.63, 3.8) is 0 Å². The molecular formula is C16H11IN2O3. The monoisotopic (exact) mass is 406 g/mol. The normalized spacial score (nSPS) is 18.5. The van der Waals surface area contributed by atoms with Gasteiger partial charge in [-0.3, -0.25) is 9.69 Å². The number of para-hydroxylation sites is 1. The number of aliphatic hydroxyl groups is 1. The summed E-state index contributed by atoms with van der Waals surface area (Å²) in [6, 6.07) is 10.9. The average molecular weight is 406 g/mol. The van der Waals surface area contributed by atoms with Gasteiger partial charge in [-0.15, -0.1) is 0 Å². The summed E-state index contributed by atoms with van der Waals surface area (Å²) in [6.45, 7) is 0. The molecular weight excluding hydrogens is 395 g/mol. The summed E-state index contributed by atoms with van der Waals surface area (Å²) in [5.74, 6) is 0.604. The van der Waals surface area contributed by atoms with Crippen LogP contribution in [0.1, 0.15) is 22.1 Å². The van der Waals surface area contributed by atoms with Gasteiger partial charge in [-0.25, -0.2) is 4.99 Å². The summed E-state index contributed by atoms with van der Waals surface area (Å²) >= 11 is 2.16. The number of nitrogens with zero attached hydrogens (tertiary/aromatic N) is 2. The molecule has 4 rings (SSSR count). The van der Waals surface area contributed by atoms with Crippen molar-refractivity contribution in [3.05, 3.63) is 51.1 Å². The van der Waals surface area contributed by atoms with E-state index in [2.05, 4.69) is 27.6 Å². The molecule has 0 saturated heterocycles. The molecule has 0 bridgehead atoms. The third-order valence-electron chi connectivity index (χ3n) is 3.88. The molecule has 2 aromatic carbocycles. The van der Waals surface area contributed by atoms with E-state index in [0.717, 1.165) is 3.57 Å². The number of carbonyl (C=O) groups is 1. The van der Waals surface area contributed by atoms with Crippen LogP contribution in [0.5, 0.6) is 5.75 Å². The number of Topliss-reactive ketones (excluding diaryl/α,β-unsaturated/α-hetero) is 1. The fraction of sp³-hybridized carbons (Fsp3) is 0.125. The molecule has 2 aliphatic rings. The van der Waals surface area contributed by atoms with Gasteiger partial charge in [-0.2, -0.15) is 0 Å². The van der Waals surface area contributed by atoms with Crippen molar-refractivity contribution in [1.82, 2.24) is 0 Å². The van der Waals surface area contributed by atoms with Gasteiger partial charge in [0, 0.05) is 9.13 Å². The molecule has 2 aromatic rings. The number of carbonyl (C=O) groups excluding carboxylic acids is 1. The second-order valence-electron chi connectivity index (χ2n) is 5.07. The number of amidine groups is 1. The maximum Gasteiger partial charge on any atom is 0.230 e. The second kappa shape index (κ2) is 4.79. The van der Waals surface area contributed by atoms with Crippen LogP contribution in [0.15, 0.2) is 41.4 Å². The number of halogens is 1. The molecule has 1 unspecified atom stereocenters. The number of anilines is 1. The molecule has 1 N–H and O–H groups in total. The zero-order chi connectivity index (χ0) is 15.4. The van der Waals surface area contributed by atoms with Crippen LogP contribution in [0, 0.1) is 3.57 Å². The van der Waals surface area contributed by atoms with E-state index in [1.165, 1.54) is 0 Å². The summed E-state index contributed by atoms with van der Waals surface area (Å²) in [6.07, 6.45) is -0.956. The van der Waals surface area contributed by atoms with Gasteiger partial charge in [0.1, 0.15) is 11.4 Å². The molecule has 0 aliphatic carbocycles. The minimum atomic E-state index is -0.956. The van der Waals surface area contributed by atoms with Gasteiger partial charge >= 0.3 is 0 Å². The first-order chi connectivity index (χ1) is 10.6. The predicted octanol–water partition coefficient (Wildman–Crippen LogP) is 3.04. The number of methoxy groups -OCH3 is 1. The Balaban J connectivity index is 1.97. The lowest BCUT2D eigenvalue weighted by Gasteiger charge is -2.30. The molecule has 5 nitrogen and oxygen atoms in total. The lowest BCUT2D eigenvalue weighted by molar-refractivity contribution is 0.106. The number of hydrogen-bond donors (Lipinski definition) is 1. The summed E-state index contributed by atoms with van der Waals surface area (Å²) in [5, 5.41) is 10.7. The Morgan fingerprint density at radius 2 is 2.14 bits per heavy atom. The van der Waals surface area contributed by atoms with Crippen LogP contribution in [0.3, 0.4) is 0 Å². The van der Waals surface area contributed by atoms with Crippen molar-refractivity contribution in [2.45, 2.75) is 6.23 Å². The van der Waals surface area contributed by atoms with Crippen molar-refractivity contribution in [3.8, 4) is 5.75 Å². The van der Waals surface area contributed by atoms with E-state index in [-0.39, 0.29) is 11.6 Å². The minimum Gasteiger partial charge on any atom is -0.494 e. The van der Waals surface area contributed by atoms with Crippen LogP contribution < -0.4 is 9.64 Å². The molecule has 0 radical (unpaired) electrons. The fourth-order valence-electron chi connectivity index (χ4n) is 2.87. The molecule has 0 fully saturated rings. The molecule has 2 aliphatic heterocycles. The molecule has 0 amide bonds. The number of aliphatic imine (C=N–C) groups is 1. The van der Waals surface area contributed by atoms with Gasteiger partial charge in [-0.1, -0.05) is 12.1 Å². The topological polar surface area (TPSA) is 62.1 Å². The maximum absolute atomic E-state index is 12.6. The smallest absolute Gasteiger partial charge is 0.230 e. The van der Waals surface area contributed by atoms with E-state index in [0.29, 0.717) is 28.3 Å². The van der Waals surface area contributed by atoms with Crippen molar-refractivity contribution < 1.29 is 14.6 Å². The highest BCUT2D eigenvalue weighted by Crippen LogP contribution is 2.45. The van der Waals surface area contributed by atoms with E-state index >= 15 is 0 Å². The van der Waals surface area contributed by atoms with E-state index in [9.17, 15) is 9.90 Å². The maximum atomic E-state index is 12.6. The van der Waals surface area contributed by atoms with E-state index < -0.39 is 6.23 Å². The quantitative estimate of drug-likeness (QED) is 0.740. The first-order valence-corrected chi connectivity index (χ1v) is 7.77. The predicted molar refractivity (Wildman–Crippen MR) is 91.0 cm³/mol. The number of ketones is 1. The van der Waals surface area contributed by atoms with Crippen LogP contribution in [-0.4, -0.2) is 23.8 Å². The zero-order valence-corrected chi connectivity index (χ0v) is 13.7. The lowest BCUT2D eigenvalue weighted by Crippen LogP contribution is -2.36. The Hall–Kier alpha value is -1.93. The van der Waals surface area contributed by atoms with E-state index in [4.69, 9.17) is 4.74 Å². The Kier molecular flexibility index (Phi) is 2.98. The SMILES string of the molecule is COc1cccc2c1N=C1C(=O)c3cc(I)ccc3N1C2O. The number of fused-ring (bicyclic) bond motifs is 4. The minimum absolute atomic E-state index is 0.177. The fourth-order valence-corrected chi connectivity index (χ4v) is 3.36. The van der Waals surface area contributed by atoms with Crippen LogP contribution >= 0.6 is 22.6 Å². The molecule has 0 aromatic heterocycles. The third kappa shape index (κ3) is 1.74. The summed E-state index contributed by atoms with van der Waals surface area (Å²) in [4.78, 5) is 18.6. The molecule has 110 valence electrons. The second-order valence-corrected chi connectivity index (χ2v) is 6.31. The van der Waals surface area contributed by atoms with Gasteiger partial charge in [0.15, 0.2) is 12.1 Å². The van der Waals surface area contributed by atoms with Gasteiger partial charge in [0.05, 0.1) is 18.4 Å². The standard InChI is InChI=1S/C16H11IN2O3/c1-22-12-4-2-3-9-13(12)18-15-14(20)10-7-8(17)5-6-11(10)19(15)16(9)21/h2-7,16,21H,1H3. The van der Waals surface area contributed by atoms with Gasteiger partial charge in [0.2, 0.25) is 5.78 Å². The molecule has 1 atom stereocenters. The van der Waals surface area contributed by atoms with Gasteiger partial charge in [-0.05, 0) is 46.9 Å². The molecule has 0 spiro atoms. The Labute approximate surface area is 140 Å². The van der Waals surface area contributed by atoms with E-state index in [1.54, 1.807) is 30.2 Å². The molecule has 22 heavy (non-hydrogen) atoms. The van der Waals surface area contributed by atoms with Crippen molar-refractivity contribution in [1.29, 1.82) is 0 Å². The summed E-state index contributed by atoms with van der Waals surface area (Å²) < 4.78 is 6.26. The first-order valence-electron chi connectivity index (χ1n) is 6.69. The van der Waals surface area contributed by atoms with Crippen molar-refractivity contribution in [2.24, 2.45) is 4.99 Å². The summed E-state index contributed by atoms with van der Waals surface area (Å²) in [7, 11) is 1.54. The summed E-state index contributed by atoms with van der Waals surface area (Å²) in [5.41, 5.74) is 2.39. The number of benzene rings is 2. The third-order valence-corrected chi connectivity index (χ3v) is 4.56. The lowest BCUT2D eigenvalue weighted by atomic mass is 10.1. The van der Waals surface area contributed by atoms with Crippen LogP contribution in [-0.2, 0) is 0 Å². The highest BCUT2D eigenvalue weighted by molar-refractivity contribution is 14.1. The average Bonchev–Trinajstić information content (AvgIpc) is 2.80. The molecule has 6 heteroatoms. The van der Waals surface area contributed by atoms with Gasteiger partial charge < -0.3 is 9.84 Å². The van der Waals surface area contributed by atoms with Crippen LogP contribution in [0.4, 0.5) is 11.4 Å². The number of hydrogen-bond acceptors (Lipinski definition) is 5. The van der Waals surface area contributed by atoms with Crippen molar-refractivity contribution in [2.75, 3.05) is 12.0 Å². The first kappa shape index (κ1) is 13.7. The Bertz CT molecular complexity index is 847. The Morgan fingerprint density at radius 3 is 2.91 bits per heavy atom. The highest BCUT2D eigenvalue weighted by atomic mass is 127. The van der Waals surface area contributed by atoms with E-state index in [1.807, 2.05) is 18.2 Å². The van der Waals surface area contributed by atoms with Crippen molar-refractivity contribution >= 4 is 45.6 Å². The molecule has 0 saturated carbocycles. The number of aliphatic hydroxyl groups excluding tert-OH is 1. The number of ether oxygens (including phenoxy) is 1. The number of rotatable bonds is 1. The van der Waals surface area contributed by atoms with Crippen LogP contribution in [0.2, 0.25) is 0 Å². The largest absolute Gasteiger partial charge is 0.494 e. The zero-order valence-electron chi connectivity index (χ0n) is 11.6. The van der Waals surface area contributed by atoms with Crippen LogP contribution in [0.25, 0.3) is 0 Å².